The average Bonchev–Trinajstić information content (AvgIpc) is 3.02. The van der Waals surface area contributed by atoms with E-state index in [1.54, 1.807) is 37.3 Å². The van der Waals surface area contributed by atoms with Gasteiger partial charge in [-0.05, 0) is 48.2 Å². The van der Waals surface area contributed by atoms with Crippen molar-refractivity contribution in [1.82, 2.24) is 5.39 Å². The first-order valence-corrected chi connectivity index (χ1v) is 13.3. The fourth-order valence-corrected chi connectivity index (χ4v) is 3.34. The Bertz CT molecular complexity index is 1330. The number of rotatable bonds is 19. The molecule has 0 aliphatic carbocycles. The van der Waals surface area contributed by atoms with Gasteiger partial charge in [-0.3, -0.25) is 20.0 Å². The quantitative estimate of drug-likeness (QED) is 0.0719. The molecule has 0 fully saturated rings. The molecule has 0 saturated heterocycles. The fourth-order valence-electron chi connectivity index (χ4n) is 3.34. The highest BCUT2D eigenvalue weighted by Gasteiger charge is 2.19. The van der Waals surface area contributed by atoms with Gasteiger partial charge in [0, 0.05) is 0 Å². The highest BCUT2D eigenvalue weighted by Crippen LogP contribution is 2.26. The normalized spacial score (nSPS) is 11.4. The van der Waals surface area contributed by atoms with E-state index in [1.807, 2.05) is 0 Å². The minimum Gasteiger partial charge on any atom is -0.466 e. The first-order valence-electron chi connectivity index (χ1n) is 13.3. The second-order valence-corrected chi connectivity index (χ2v) is 8.98. The molecule has 0 spiro atoms. The number of carbonyl (C=O) groups is 6. The van der Waals surface area contributed by atoms with E-state index in [1.165, 1.54) is 6.07 Å². The van der Waals surface area contributed by atoms with Crippen LogP contribution in [0.15, 0.2) is 36.4 Å². The van der Waals surface area contributed by atoms with Crippen molar-refractivity contribution in [3.8, 4) is 5.75 Å². The molecule has 0 aliphatic rings. The summed E-state index contributed by atoms with van der Waals surface area (Å²) in [4.78, 5) is 74.7. The van der Waals surface area contributed by atoms with E-state index in [0.29, 0.717) is 23.8 Å². The molecule has 0 aliphatic heterocycles. The number of ether oxygens (including phenoxy) is 7. The zero-order valence-corrected chi connectivity index (χ0v) is 24.5. The van der Waals surface area contributed by atoms with Crippen LogP contribution < -0.4 is 4.74 Å². The van der Waals surface area contributed by atoms with Crippen LogP contribution in [0.25, 0.3) is 10.8 Å². The third kappa shape index (κ3) is 14.6. The molecular formula is C28H33NO16. The maximum Gasteiger partial charge on any atom is 0.349 e. The van der Waals surface area contributed by atoms with Crippen molar-refractivity contribution in [1.29, 1.82) is 0 Å². The molecule has 0 saturated carbocycles. The summed E-state index contributed by atoms with van der Waals surface area (Å²) >= 11 is 0. The van der Waals surface area contributed by atoms with Crippen LogP contribution in [-0.4, -0.2) is 105 Å². The molecule has 17 heteroatoms. The molecule has 0 amide bonds. The molecule has 0 aromatic heterocycles. The van der Waals surface area contributed by atoms with Crippen molar-refractivity contribution >= 4 is 46.6 Å². The van der Waals surface area contributed by atoms with E-state index in [2.05, 4.69) is 14.3 Å². The average molecular weight is 640 g/mol. The Morgan fingerprint density at radius 1 is 0.689 bits per heavy atom. The highest BCUT2D eigenvalue weighted by atomic mass is 17.1. The Hall–Kier alpha value is -4.68. The van der Waals surface area contributed by atoms with E-state index in [0.717, 1.165) is 12.5 Å². The minimum absolute atomic E-state index is 0.00929. The highest BCUT2D eigenvalue weighted by molar-refractivity contribution is 5.88. The zero-order chi connectivity index (χ0) is 33.2. The van der Waals surface area contributed by atoms with Crippen LogP contribution in [0.3, 0.4) is 0 Å². The number of esters is 6. The van der Waals surface area contributed by atoms with Gasteiger partial charge in [0.25, 0.3) is 0 Å². The van der Waals surface area contributed by atoms with Crippen molar-refractivity contribution in [3.05, 3.63) is 42.0 Å². The molecular weight excluding hydrogens is 606 g/mol. The van der Waals surface area contributed by atoms with Crippen LogP contribution in [0.2, 0.25) is 0 Å². The van der Waals surface area contributed by atoms with Gasteiger partial charge in [0.1, 0.15) is 19.0 Å². The summed E-state index contributed by atoms with van der Waals surface area (Å²) in [6.07, 6.45) is 0.790. The Labute approximate surface area is 256 Å². The van der Waals surface area contributed by atoms with Crippen LogP contribution in [-0.2, 0) is 62.0 Å². The molecule has 246 valence electrons. The van der Waals surface area contributed by atoms with Gasteiger partial charge in [-0.25, -0.2) is 24.0 Å². The number of benzene rings is 2. The number of hydrogen-bond donors (Lipinski definition) is 2. The largest absolute Gasteiger partial charge is 0.466 e. The first-order chi connectivity index (χ1) is 21.5. The number of fused-ring (bicyclic) bond motifs is 1. The summed E-state index contributed by atoms with van der Waals surface area (Å²) in [6, 6.07) is 9.83. The Morgan fingerprint density at radius 2 is 1.27 bits per heavy atom. The van der Waals surface area contributed by atoms with Gasteiger partial charge >= 0.3 is 35.8 Å². The van der Waals surface area contributed by atoms with E-state index >= 15 is 0 Å². The lowest BCUT2D eigenvalue weighted by Gasteiger charge is -2.13. The Morgan fingerprint density at radius 3 is 1.93 bits per heavy atom. The fraction of sp³-hybridized carbons (Fsp3) is 0.429. The maximum absolute atomic E-state index is 12.5. The molecule has 45 heavy (non-hydrogen) atoms. The molecule has 1 unspecified atom stereocenters. The standard InChI is InChI=1S/C28H33NO16/c1-18(28(35)43-16-26(33)40-9-3-4-10-44-29(36)37)19-5-6-21-12-22(8-7-20(21)11-19)45-27(34)17-42-25(32)14-39-13-24(31)41-15-23(30)38-2/h5-8,11-12,18,36-37H,3-4,9-10,13-17H2,1-2H3. The summed E-state index contributed by atoms with van der Waals surface area (Å²) in [5.41, 5.74) is 0.610. The summed E-state index contributed by atoms with van der Waals surface area (Å²) in [5.74, 6) is -5.39. The summed E-state index contributed by atoms with van der Waals surface area (Å²) in [5, 5.41) is 17.8. The van der Waals surface area contributed by atoms with Gasteiger partial charge in [-0.1, -0.05) is 24.3 Å². The third-order valence-electron chi connectivity index (χ3n) is 5.63. The van der Waals surface area contributed by atoms with E-state index < -0.39 is 80.2 Å². The van der Waals surface area contributed by atoms with Crippen molar-refractivity contribution < 1.29 is 77.2 Å². The second kappa shape index (κ2) is 19.6. The van der Waals surface area contributed by atoms with E-state index in [4.69, 9.17) is 34.1 Å². The van der Waals surface area contributed by atoms with Crippen molar-refractivity contribution in [3.63, 3.8) is 0 Å². The number of nitrogens with zero attached hydrogens (tertiary/aromatic N) is 1. The predicted molar refractivity (Wildman–Crippen MR) is 145 cm³/mol. The minimum atomic E-state index is -0.940. The van der Waals surface area contributed by atoms with Crippen LogP contribution in [0.5, 0.6) is 5.75 Å². The van der Waals surface area contributed by atoms with Crippen LogP contribution >= 0.6 is 0 Å². The van der Waals surface area contributed by atoms with Gasteiger partial charge in [0.2, 0.25) is 0 Å². The van der Waals surface area contributed by atoms with Crippen LogP contribution in [0.1, 0.15) is 31.2 Å². The smallest absolute Gasteiger partial charge is 0.349 e. The summed E-state index contributed by atoms with van der Waals surface area (Å²) in [7, 11) is 1.12. The Balaban J connectivity index is 1.74. The molecule has 2 N–H and O–H groups in total. The predicted octanol–water partition coefficient (Wildman–Crippen LogP) is 1.00. The Kier molecular flexibility index (Phi) is 15.9. The molecule has 0 radical (unpaired) electrons. The molecule has 1 atom stereocenters. The van der Waals surface area contributed by atoms with Gasteiger partial charge in [0.05, 0.1) is 31.6 Å². The lowest BCUT2D eigenvalue weighted by atomic mass is 9.98. The lowest BCUT2D eigenvalue weighted by molar-refractivity contribution is -0.492. The first kappa shape index (κ1) is 36.5. The molecule has 0 bridgehead atoms. The molecule has 17 nitrogen and oxygen atoms in total. The molecule has 2 aromatic rings. The SMILES string of the molecule is COC(=O)COC(=O)COCC(=O)OCC(=O)Oc1ccc2cc(C(C)C(=O)OCC(=O)OCCCCON(O)O)ccc2c1. The summed E-state index contributed by atoms with van der Waals surface area (Å²) < 4.78 is 33.6. The molecule has 2 aromatic carbocycles. The monoisotopic (exact) mass is 639 g/mol. The molecule has 2 rings (SSSR count). The van der Waals surface area contributed by atoms with Gasteiger partial charge in [-0.15, -0.1) is 0 Å². The van der Waals surface area contributed by atoms with E-state index in [-0.39, 0.29) is 19.0 Å². The zero-order valence-electron chi connectivity index (χ0n) is 24.5. The van der Waals surface area contributed by atoms with Crippen molar-refractivity contribution in [2.24, 2.45) is 0 Å². The number of methoxy groups -OCH3 is 1. The lowest BCUT2D eigenvalue weighted by Crippen LogP contribution is -2.24. The van der Waals surface area contributed by atoms with Gasteiger partial charge < -0.3 is 33.2 Å². The van der Waals surface area contributed by atoms with E-state index in [9.17, 15) is 28.8 Å². The van der Waals surface area contributed by atoms with Crippen LogP contribution in [0, 0.1) is 0 Å². The summed E-state index contributed by atoms with van der Waals surface area (Å²) in [6.45, 7) is -1.50. The topological polar surface area (TPSA) is 220 Å². The maximum atomic E-state index is 12.5. The van der Waals surface area contributed by atoms with Gasteiger partial charge in [-0.2, -0.15) is 0 Å². The number of unbranched alkanes of at least 4 members (excludes halogenated alkanes) is 1. The van der Waals surface area contributed by atoms with Crippen LogP contribution in [0.4, 0.5) is 0 Å². The number of hydrogen-bond acceptors (Lipinski definition) is 17. The number of carbonyl (C=O) groups excluding carboxylic acids is 6. The second-order valence-electron chi connectivity index (χ2n) is 8.98. The third-order valence-corrected chi connectivity index (χ3v) is 5.63. The molecule has 0 heterocycles. The van der Waals surface area contributed by atoms with Crippen molar-refractivity contribution in [2.75, 3.05) is 53.4 Å². The van der Waals surface area contributed by atoms with Crippen molar-refractivity contribution in [2.45, 2.75) is 25.7 Å². The van der Waals surface area contributed by atoms with Gasteiger partial charge in [0.15, 0.2) is 19.8 Å².